The van der Waals surface area contributed by atoms with Gasteiger partial charge in [0.05, 0.1) is 11.9 Å². The van der Waals surface area contributed by atoms with Crippen molar-refractivity contribution in [1.29, 1.82) is 0 Å². The fraction of sp³-hybridized carbons (Fsp3) is 0.636. The topological polar surface area (TPSA) is 61.9 Å². The Kier molecular flexibility index (Phi) is 3.36. The molecule has 0 saturated carbocycles. The van der Waals surface area contributed by atoms with Gasteiger partial charge in [-0.25, -0.2) is 4.98 Å². The van der Waals surface area contributed by atoms with Crippen molar-refractivity contribution in [2.45, 2.75) is 32.9 Å². The summed E-state index contributed by atoms with van der Waals surface area (Å²) in [5, 5.41) is 3.33. The van der Waals surface area contributed by atoms with Gasteiger partial charge in [0.2, 0.25) is 0 Å². The zero-order valence-electron chi connectivity index (χ0n) is 9.99. The average molecular weight is 221 g/mol. The molecule has 1 aromatic heterocycles. The first-order valence-electron chi connectivity index (χ1n) is 5.70. The monoisotopic (exact) mass is 221 g/mol. The summed E-state index contributed by atoms with van der Waals surface area (Å²) in [5.74, 6) is 1.41. The van der Waals surface area contributed by atoms with Crippen LogP contribution in [0.2, 0.25) is 0 Å². The lowest BCUT2D eigenvalue weighted by atomic mass is 9.97. The molecule has 1 saturated heterocycles. The lowest BCUT2D eigenvalue weighted by molar-refractivity contribution is 0.466. The minimum absolute atomic E-state index is 0.472. The number of rotatable bonds is 3. The Labute approximate surface area is 96.0 Å². The normalized spacial score (nSPS) is 29.3. The molecule has 2 unspecified atom stereocenters. The van der Waals surface area contributed by atoms with Gasteiger partial charge in [-0.05, 0) is 20.8 Å². The van der Waals surface area contributed by atoms with Gasteiger partial charge in [0.15, 0.2) is 0 Å². The summed E-state index contributed by atoms with van der Waals surface area (Å²) in [6, 6.07) is 0.945. The predicted octanol–water partition coefficient (Wildman–Crippen LogP) is 0.698. The summed E-state index contributed by atoms with van der Waals surface area (Å²) < 4.78 is 0. The van der Waals surface area contributed by atoms with E-state index in [9.17, 15) is 0 Å². The van der Waals surface area contributed by atoms with E-state index in [1.54, 1.807) is 12.4 Å². The van der Waals surface area contributed by atoms with Gasteiger partial charge in [-0.3, -0.25) is 15.8 Å². The Balaban J connectivity index is 1.92. The van der Waals surface area contributed by atoms with Crippen molar-refractivity contribution in [3.05, 3.63) is 18.1 Å². The summed E-state index contributed by atoms with van der Waals surface area (Å²) in [5.41, 5.74) is 7.42. The molecule has 0 aromatic carbocycles. The van der Waals surface area contributed by atoms with Crippen molar-refractivity contribution in [2.24, 2.45) is 5.92 Å². The van der Waals surface area contributed by atoms with Crippen molar-refractivity contribution in [3.8, 4) is 0 Å². The van der Waals surface area contributed by atoms with Crippen molar-refractivity contribution < 1.29 is 0 Å². The highest BCUT2D eigenvalue weighted by atomic mass is 15.4. The van der Waals surface area contributed by atoms with Gasteiger partial charge in [-0.15, -0.1) is 0 Å². The molecular weight excluding hydrogens is 202 g/mol. The summed E-state index contributed by atoms with van der Waals surface area (Å²) in [6.45, 7) is 7.22. The maximum absolute atomic E-state index is 4.37. The van der Waals surface area contributed by atoms with Gasteiger partial charge >= 0.3 is 0 Å². The standard InChI is InChI=1S/C11H19N5/c1-7-4-12-6-11(14-7)13-5-10-8(2)15-16-9(10)3/h4,6,8-10,15-16H,5H2,1-3H3,(H,13,14). The van der Waals surface area contributed by atoms with Crippen LogP contribution in [0.5, 0.6) is 0 Å². The number of hydrogen-bond donors (Lipinski definition) is 3. The summed E-state index contributed by atoms with van der Waals surface area (Å²) in [6.07, 6.45) is 3.52. The third-order valence-electron chi connectivity index (χ3n) is 3.10. The highest BCUT2D eigenvalue weighted by Gasteiger charge is 2.29. The van der Waals surface area contributed by atoms with E-state index in [4.69, 9.17) is 0 Å². The van der Waals surface area contributed by atoms with Crippen LogP contribution >= 0.6 is 0 Å². The molecule has 2 heterocycles. The van der Waals surface area contributed by atoms with Crippen molar-refractivity contribution >= 4 is 5.82 Å². The lowest BCUT2D eigenvalue weighted by Crippen LogP contribution is -2.30. The zero-order valence-corrected chi connectivity index (χ0v) is 9.99. The number of aromatic nitrogens is 2. The predicted molar refractivity (Wildman–Crippen MR) is 63.9 cm³/mol. The Morgan fingerprint density at radius 2 is 1.94 bits per heavy atom. The van der Waals surface area contributed by atoms with Crippen LogP contribution < -0.4 is 16.2 Å². The Hall–Kier alpha value is -1.20. The van der Waals surface area contributed by atoms with E-state index in [0.29, 0.717) is 18.0 Å². The lowest BCUT2D eigenvalue weighted by Gasteiger charge is -2.18. The summed E-state index contributed by atoms with van der Waals surface area (Å²) >= 11 is 0. The van der Waals surface area contributed by atoms with Crippen LogP contribution in [-0.4, -0.2) is 28.6 Å². The average Bonchev–Trinajstić information content (AvgIpc) is 2.56. The first-order chi connectivity index (χ1) is 7.66. The molecule has 88 valence electrons. The second-order valence-corrected chi connectivity index (χ2v) is 4.46. The van der Waals surface area contributed by atoms with Crippen molar-refractivity contribution in [2.75, 3.05) is 11.9 Å². The maximum atomic E-state index is 4.37. The van der Waals surface area contributed by atoms with E-state index >= 15 is 0 Å². The SMILES string of the molecule is Cc1cncc(NCC2C(C)NNC2C)n1. The molecule has 0 radical (unpaired) electrons. The number of nitrogens with zero attached hydrogens (tertiary/aromatic N) is 2. The quantitative estimate of drug-likeness (QED) is 0.701. The molecule has 0 aliphatic carbocycles. The Bertz CT molecular complexity index is 344. The van der Waals surface area contributed by atoms with Crippen LogP contribution in [0.15, 0.2) is 12.4 Å². The fourth-order valence-corrected chi connectivity index (χ4v) is 2.03. The second kappa shape index (κ2) is 4.76. The zero-order chi connectivity index (χ0) is 11.5. The summed E-state index contributed by atoms with van der Waals surface area (Å²) in [7, 11) is 0. The Morgan fingerprint density at radius 3 is 2.56 bits per heavy atom. The van der Waals surface area contributed by atoms with E-state index in [-0.39, 0.29) is 0 Å². The minimum Gasteiger partial charge on any atom is -0.368 e. The molecule has 5 heteroatoms. The molecule has 1 fully saturated rings. The molecule has 3 N–H and O–H groups in total. The van der Waals surface area contributed by atoms with Crippen LogP contribution in [0.3, 0.4) is 0 Å². The molecule has 1 aliphatic heterocycles. The molecule has 16 heavy (non-hydrogen) atoms. The molecule has 5 nitrogen and oxygen atoms in total. The molecule has 1 aliphatic rings. The van der Waals surface area contributed by atoms with Gasteiger partial charge in [0.1, 0.15) is 5.82 Å². The molecule has 0 amide bonds. The third kappa shape index (κ3) is 2.48. The minimum atomic E-state index is 0.472. The van der Waals surface area contributed by atoms with Gasteiger partial charge in [0, 0.05) is 30.7 Å². The highest BCUT2D eigenvalue weighted by molar-refractivity contribution is 5.31. The number of nitrogens with one attached hydrogen (secondary N) is 3. The largest absolute Gasteiger partial charge is 0.368 e. The molecule has 0 spiro atoms. The van der Waals surface area contributed by atoms with E-state index in [1.807, 2.05) is 6.92 Å². The number of anilines is 1. The van der Waals surface area contributed by atoms with Crippen LogP contribution in [0.25, 0.3) is 0 Å². The molecule has 2 atom stereocenters. The number of hydrogen-bond acceptors (Lipinski definition) is 5. The Morgan fingerprint density at radius 1 is 1.25 bits per heavy atom. The van der Waals surface area contributed by atoms with Gasteiger partial charge < -0.3 is 5.32 Å². The molecule has 1 aromatic rings. The first kappa shape index (κ1) is 11.3. The summed E-state index contributed by atoms with van der Waals surface area (Å²) in [4.78, 5) is 8.48. The number of aryl methyl sites for hydroxylation is 1. The van der Waals surface area contributed by atoms with Crippen molar-refractivity contribution in [1.82, 2.24) is 20.8 Å². The highest BCUT2D eigenvalue weighted by Crippen LogP contribution is 2.15. The fourth-order valence-electron chi connectivity index (χ4n) is 2.03. The maximum Gasteiger partial charge on any atom is 0.144 e. The van der Waals surface area contributed by atoms with Crippen molar-refractivity contribution in [3.63, 3.8) is 0 Å². The van der Waals surface area contributed by atoms with Crippen LogP contribution in [0.1, 0.15) is 19.5 Å². The van der Waals surface area contributed by atoms with E-state index < -0.39 is 0 Å². The van der Waals surface area contributed by atoms with Crippen LogP contribution in [-0.2, 0) is 0 Å². The van der Waals surface area contributed by atoms with Gasteiger partial charge in [-0.2, -0.15) is 0 Å². The third-order valence-corrected chi connectivity index (χ3v) is 3.10. The van der Waals surface area contributed by atoms with E-state index in [1.165, 1.54) is 0 Å². The van der Waals surface area contributed by atoms with Crippen LogP contribution in [0, 0.1) is 12.8 Å². The first-order valence-corrected chi connectivity index (χ1v) is 5.70. The second-order valence-electron chi connectivity index (χ2n) is 4.46. The van der Waals surface area contributed by atoms with Crippen LogP contribution in [0.4, 0.5) is 5.82 Å². The van der Waals surface area contributed by atoms with Gasteiger partial charge in [0.25, 0.3) is 0 Å². The molecular formula is C11H19N5. The van der Waals surface area contributed by atoms with E-state index in [0.717, 1.165) is 18.1 Å². The molecule has 2 rings (SSSR count). The molecule has 0 bridgehead atoms. The van der Waals surface area contributed by atoms with Gasteiger partial charge in [-0.1, -0.05) is 0 Å². The van der Waals surface area contributed by atoms with E-state index in [2.05, 4.69) is 40.0 Å². The number of hydrazine groups is 1. The smallest absolute Gasteiger partial charge is 0.144 e.